The van der Waals surface area contributed by atoms with Crippen LogP contribution in [0.3, 0.4) is 0 Å². The predicted octanol–water partition coefficient (Wildman–Crippen LogP) is 0.708. The first kappa shape index (κ1) is 13.8. The molecule has 1 aromatic rings. The third-order valence-electron chi connectivity index (χ3n) is 2.90. The third kappa shape index (κ3) is 3.66. The van der Waals surface area contributed by atoms with Crippen LogP contribution in [0, 0.1) is 11.7 Å². The van der Waals surface area contributed by atoms with Crippen molar-refractivity contribution in [3.05, 3.63) is 24.0 Å². The van der Waals surface area contributed by atoms with Crippen molar-refractivity contribution in [1.29, 1.82) is 0 Å². The number of hydrogen-bond acceptors (Lipinski definition) is 4. The van der Waals surface area contributed by atoms with Gasteiger partial charge in [-0.05, 0) is 37.0 Å². The SMILES string of the molecule is Nc1ccc(S(=O)(=O)CC(=O)NCC2CC2)c(F)c1. The van der Waals surface area contributed by atoms with Crippen molar-refractivity contribution in [2.75, 3.05) is 18.0 Å². The number of nitrogen functional groups attached to an aromatic ring is 1. The lowest BCUT2D eigenvalue weighted by Gasteiger charge is -2.07. The van der Waals surface area contributed by atoms with Crippen LogP contribution in [-0.2, 0) is 14.6 Å². The summed E-state index contributed by atoms with van der Waals surface area (Å²) in [5, 5.41) is 2.54. The topological polar surface area (TPSA) is 89.3 Å². The van der Waals surface area contributed by atoms with Crippen LogP contribution < -0.4 is 11.1 Å². The van der Waals surface area contributed by atoms with Crippen LogP contribution in [-0.4, -0.2) is 26.6 Å². The monoisotopic (exact) mass is 286 g/mol. The number of hydrogen-bond donors (Lipinski definition) is 2. The Morgan fingerprint density at radius 2 is 2.11 bits per heavy atom. The number of sulfone groups is 1. The molecule has 0 atom stereocenters. The van der Waals surface area contributed by atoms with Gasteiger partial charge in [-0.25, -0.2) is 12.8 Å². The summed E-state index contributed by atoms with van der Waals surface area (Å²) in [5.41, 5.74) is 5.48. The van der Waals surface area contributed by atoms with Crippen LogP contribution in [0.5, 0.6) is 0 Å². The van der Waals surface area contributed by atoms with Crippen LogP contribution >= 0.6 is 0 Å². The molecule has 0 unspecified atom stereocenters. The number of carbonyl (C=O) groups is 1. The summed E-state index contributed by atoms with van der Waals surface area (Å²) < 4.78 is 37.3. The van der Waals surface area contributed by atoms with Gasteiger partial charge in [-0.2, -0.15) is 0 Å². The summed E-state index contributed by atoms with van der Waals surface area (Å²) >= 11 is 0. The second-order valence-corrected chi connectivity index (χ2v) is 6.65. The molecule has 2 rings (SSSR count). The molecule has 0 radical (unpaired) electrons. The molecule has 3 N–H and O–H groups in total. The smallest absolute Gasteiger partial charge is 0.235 e. The van der Waals surface area contributed by atoms with E-state index >= 15 is 0 Å². The summed E-state index contributed by atoms with van der Waals surface area (Å²) in [6.07, 6.45) is 2.11. The molecule has 1 aromatic carbocycles. The number of nitrogens with one attached hydrogen (secondary N) is 1. The molecular formula is C12H15FN2O3S. The van der Waals surface area contributed by atoms with Gasteiger partial charge in [0.1, 0.15) is 16.5 Å². The maximum absolute atomic E-state index is 13.5. The first-order valence-corrected chi connectivity index (χ1v) is 7.58. The highest BCUT2D eigenvalue weighted by Gasteiger charge is 2.25. The van der Waals surface area contributed by atoms with Gasteiger partial charge in [0.2, 0.25) is 5.91 Å². The number of nitrogens with two attached hydrogens (primary N) is 1. The van der Waals surface area contributed by atoms with Crippen molar-refractivity contribution in [3.63, 3.8) is 0 Å². The average molecular weight is 286 g/mol. The Bertz CT molecular complexity index is 597. The van der Waals surface area contributed by atoms with Crippen LogP contribution in [0.2, 0.25) is 0 Å². The van der Waals surface area contributed by atoms with Crippen molar-refractivity contribution in [2.45, 2.75) is 17.7 Å². The minimum absolute atomic E-state index is 0.134. The average Bonchev–Trinajstić information content (AvgIpc) is 3.08. The molecule has 0 aliphatic heterocycles. The van der Waals surface area contributed by atoms with E-state index in [9.17, 15) is 17.6 Å². The molecule has 7 heteroatoms. The highest BCUT2D eigenvalue weighted by atomic mass is 32.2. The van der Waals surface area contributed by atoms with Gasteiger partial charge in [-0.3, -0.25) is 4.79 Å². The molecule has 1 aliphatic rings. The van der Waals surface area contributed by atoms with E-state index in [4.69, 9.17) is 5.73 Å². The minimum atomic E-state index is -3.98. The molecule has 5 nitrogen and oxygen atoms in total. The van der Waals surface area contributed by atoms with Crippen LogP contribution in [0.4, 0.5) is 10.1 Å². The first-order valence-electron chi connectivity index (χ1n) is 5.93. The molecular weight excluding hydrogens is 271 g/mol. The van der Waals surface area contributed by atoms with Gasteiger partial charge < -0.3 is 11.1 Å². The highest BCUT2D eigenvalue weighted by Crippen LogP contribution is 2.27. The summed E-state index contributed by atoms with van der Waals surface area (Å²) in [5.74, 6) is -1.83. The van der Waals surface area contributed by atoms with Crippen molar-refractivity contribution >= 4 is 21.4 Å². The van der Waals surface area contributed by atoms with Gasteiger partial charge >= 0.3 is 0 Å². The van der Waals surface area contributed by atoms with Gasteiger partial charge in [0.25, 0.3) is 0 Å². The largest absolute Gasteiger partial charge is 0.399 e. The van der Waals surface area contributed by atoms with Gasteiger partial charge in [0.15, 0.2) is 9.84 Å². The van der Waals surface area contributed by atoms with E-state index in [0.29, 0.717) is 12.5 Å². The van der Waals surface area contributed by atoms with Crippen LogP contribution in [0.25, 0.3) is 0 Å². The molecule has 0 saturated heterocycles. The number of halogens is 1. The van der Waals surface area contributed by atoms with Crippen LogP contribution in [0.15, 0.2) is 23.1 Å². The second-order valence-electron chi connectivity index (χ2n) is 4.70. The lowest BCUT2D eigenvalue weighted by atomic mass is 10.3. The zero-order chi connectivity index (χ0) is 14.0. The predicted molar refractivity (Wildman–Crippen MR) is 68.6 cm³/mol. The Hall–Kier alpha value is -1.63. The zero-order valence-corrected chi connectivity index (χ0v) is 11.0. The zero-order valence-electron chi connectivity index (χ0n) is 10.2. The van der Waals surface area contributed by atoms with Gasteiger partial charge in [-0.15, -0.1) is 0 Å². The standard InChI is InChI=1S/C12H15FN2O3S/c13-10-5-9(14)3-4-11(10)19(17,18)7-12(16)15-6-8-1-2-8/h3-5,8H,1-2,6-7,14H2,(H,15,16). The maximum Gasteiger partial charge on any atom is 0.235 e. The molecule has 1 aliphatic carbocycles. The molecule has 0 bridgehead atoms. The van der Waals surface area contributed by atoms with E-state index in [1.807, 2.05) is 0 Å². The van der Waals surface area contributed by atoms with Gasteiger partial charge in [0.05, 0.1) is 0 Å². The van der Waals surface area contributed by atoms with Crippen molar-refractivity contribution in [1.82, 2.24) is 5.32 Å². The number of rotatable bonds is 5. The Labute approximate surface area is 110 Å². The molecule has 1 saturated carbocycles. The van der Waals surface area contributed by atoms with E-state index in [1.54, 1.807) is 0 Å². The van der Waals surface area contributed by atoms with Gasteiger partial charge in [0, 0.05) is 12.2 Å². The molecule has 104 valence electrons. The highest BCUT2D eigenvalue weighted by molar-refractivity contribution is 7.92. The maximum atomic E-state index is 13.5. The molecule has 0 heterocycles. The second kappa shape index (κ2) is 5.16. The fourth-order valence-electron chi connectivity index (χ4n) is 1.65. The number of carbonyl (C=O) groups excluding carboxylic acids is 1. The Morgan fingerprint density at radius 3 is 2.68 bits per heavy atom. The summed E-state index contributed by atoms with van der Waals surface area (Å²) in [6.45, 7) is 0.485. The molecule has 0 aromatic heterocycles. The molecule has 1 fully saturated rings. The summed E-state index contributed by atoms with van der Waals surface area (Å²) in [4.78, 5) is 11.0. The lowest BCUT2D eigenvalue weighted by Crippen LogP contribution is -2.32. The van der Waals surface area contributed by atoms with Crippen molar-refractivity contribution in [3.8, 4) is 0 Å². The quantitative estimate of drug-likeness (QED) is 0.780. The van der Waals surface area contributed by atoms with E-state index < -0.39 is 32.2 Å². The normalized spacial score (nSPS) is 15.2. The molecule has 1 amide bonds. The first-order chi connectivity index (χ1) is 8.88. The minimum Gasteiger partial charge on any atom is -0.399 e. The fraction of sp³-hybridized carbons (Fsp3) is 0.417. The fourth-order valence-corrected chi connectivity index (χ4v) is 2.88. The summed E-state index contributed by atoms with van der Waals surface area (Å²) in [7, 11) is -3.98. The number of amides is 1. The Balaban J connectivity index is 2.05. The Kier molecular flexibility index (Phi) is 3.75. The van der Waals surface area contributed by atoms with E-state index in [-0.39, 0.29) is 5.69 Å². The van der Waals surface area contributed by atoms with E-state index in [1.165, 1.54) is 6.07 Å². The number of anilines is 1. The van der Waals surface area contributed by atoms with Gasteiger partial charge in [-0.1, -0.05) is 0 Å². The molecule has 19 heavy (non-hydrogen) atoms. The van der Waals surface area contributed by atoms with Crippen LogP contribution in [0.1, 0.15) is 12.8 Å². The van der Waals surface area contributed by atoms with Crippen molar-refractivity contribution in [2.24, 2.45) is 5.92 Å². The Morgan fingerprint density at radius 1 is 1.42 bits per heavy atom. The van der Waals surface area contributed by atoms with E-state index in [0.717, 1.165) is 25.0 Å². The molecule has 0 spiro atoms. The lowest BCUT2D eigenvalue weighted by molar-refractivity contribution is -0.118. The summed E-state index contributed by atoms with van der Waals surface area (Å²) in [6, 6.07) is 3.29. The van der Waals surface area contributed by atoms with Crippen molar-refractivity contribution < 1.29 is 17.6 Å². The number of benzene rings is 1. The van der Waals surface area contributed by atoms with E-state index in [2.05, 4.69) is 5.32 Å². The third-order valence-corrected chi connectivity index (χ3v) is 4.54.